The third-order valence-electron chi connectivity index (χ3n) is 5.54. The monoisotopic (exact) mass is 536 g/mol. The second kappa shape index (κ2) is 11.5. The van der Waals surface area contributed by atoms with E-state index in [1.54, 1.807) is 30.4 Å². The minimum Gasteiger partial charge on any atom is -0.324 e. The summed E-state index contributed by atoms with van der Waals surface area (Å²) in [6.07, 6.45) is 3.38. The molecule has 4 N–H and O–H groups in total. The first-order valence-electron chi connectivity index (χ1n) is 11.9. The van der Waals surface area contributed by atoms with Crippen LogP contribution in [-0.2, 0) is 10.1 Å². The molecule has 194 valence electrons. The van der Waals surface area contributed by atoms with Crippen LogP contribution in [0.5, 0.6) is 0 Å². The molecular weight excluding hydrogens is 512 g/mol. The number of para-hydroxylation sites is 3. The molecule has 0 saturated carbocycles. The van der Waals surface area contributed by atoms with Crippen molar-refractivity contribution in [2.75, 3.05) is 16.0 Å². The number of rotatable bonds is 9. The molecule has 0 radical (unpaired) electrons. The highest BCUT2D eigenvalue weighted by Gasteiger charge is 2.13. The zero-order valence-corrected chi connectivity index (χ0v) is 21.4. The van der Waals surface area contributed by atoms with Crippen molar-refractivity contribution in [3.8, 4) is 0 Å². The van der Waals surface area contributed by atoms with Crippen LogP contribution in [-0.4, -0.2) is 27.9 Å². The highest BCUT2D eigenvalue weighted by Crippen LogP contribution is 2.25. The highest BCUT2D eigenvalue weighted by molar-refractivity contribution is 7.85. The molecular formula is C29H24N6O3S. The molecule has 0 spiro atoms. The van der Waals surface area contributed by atoms with Gasteiger partial charge in [0, 0.05) is 17.1 Å². The minimum absolute atomic E-state index is 0.169. The van der Waals surface area contributed by atoms with E-state index in [-0.39, 0.29) is 4.90 Å². The Bertz CT molecular complexity index is 1650. The van der Waals surface area contributed by atoms with E-state index in [2.05, 4.69) is 30.9 Å². The lowest BCUT2D eigenvalue weighted by Gasteiger charge is -2.13. The Morgan fingerprint density at radius 2 is 0.974 bits per heavy atom. The summed E-state index contributed by atoms with van der Waals surface area (Å²) in [4.78, 5) is 13.4. The van der Waals surface area contributed by atoms with Crippen molar-refractivity contribution in [2.45, 2.75) is 4.90 Å². The van der Waals surface area contributed by atoms with Gasteiger partial charge in [0.15, 0.2) is 0 Å². The molecule has 0 bridgehead atoms. The lowest BCUT2D eigenvalue weighted by molar-refractivity contribution is 0.483. The standard InChI is InChI=1S/C29H24N6O3S/c36-39(37,38)26-18-10-8-12-22(26)20-19-21-11-7-9-17-25(21)32-29-34-27(30-23-13-3-1-4-14-23)33-28(35-29)31-24-15-5-2-6-16-24/h1-20H,(H,36,37,38)(H3,30,31,32,33,34,35). The number of anilines is 6. The van der Waals surface area contributed by atoms with Crippen LogP contribution in [0, 0.1) is 0 Å². The molecule has 10 heteroatoms. The van der Waals surface area contributed by atoms with E-state index in [9.17, 15) is 13.0 Å². The normalized spacial score (nSPS) is 11.3. The number of nitrogens with one attached hydrogen (secondary N) is 3. The number of aromatic nitrogens is 3. The van der Waals surface area contributed by atoms with Gasteiger partial charge in [-0.2, -0.15) is 23.4 Å². The maximum Gasteiger partial charge on any atom is 0.295 e. The van der Waals surface area contributed by atoms with Gasteiger partial charge in [-0.05, 0) is 47.5 Å². The topological polar surface area (TPSA) is 129 Å². The fraction of sp³-hybridized carbons (Fsp3) is 0. The molecule has 0 unspecified atom stereocenters. The fourth-order valence-electron chi connectivity index (χ4n) is 3.75. The molecule has 0 aliphatic rings. The lowest BCUT2D eigenvalue weighted by Crippen LogP contribution is -2.07. The van der Waals surface area contributed by atoms with Crippen LogP contribution in [0.25, 0.3) is 12.2 Å². The molecule has 0 amide bonds. The molecule has 39 heavy (non-hydrogen) atoms. The van der Waals surface area contributed by atoms with E-state index in [0.29, 0.717) is 29.1 Å². The lowest BCUT2D eigenvalue weighted by atomic mass is 10.1. The van der Waals surface area contributed by atoms with Gasteiger partial charge in [0.25, 0.3) is 10.1 Å². The predicted molar refractivity (Wildman–Crippen MR) is 154 cm³/mol. The Balaban J connectivity index is 1.47. The van der Waals surface area contributed by atoms with Crippen LogP contribution < -0.4 is 16.0 Å². The van der Waals surface area contributed by atoms with Crippen LogP contribution in [0.3, 0.4) is 0 Å². The molecule has 1 heterocycles. The Morgan fingerprint density at radius 3 is 1.54 bits per heavy atom. The quantitative estimate of drug-likeness (QED) is 0.123. The largest absolute Gasteiger partial charge is 0.324 e. The first-order chi connectivity index (χ1) is 18.9. The molecule has 0 saturated heterocycles. The average molecular weight is 537 g/mol. The van der Waals surface area contributed by atoms with Crippen molar-refractivity contribution >= 4 is 57.2 Å². The van der Waals surface area contributed by atoms with Gasteiger partial charge in [0.2, 0.25) is 17.8 Å². The fourth-order valence-corrected chi connectivity index (χ4v) is 4.44. The summed E-state index contributed by atoms with van der Waals surface area (Å²) in [5.41, 5.74) is 3.43. The molecule has 0 aliphatic carbocycles. The van der Waals surface area contributed by atoms with Crippen molar-refractivity contribution in [2.24, 2.45) is 0 Å². The summed E-state index contributed by atoms with van der Waals surface area (Å²) in [6, 6.07) is 32.8. The van der Waals surface area contributed by atoms with Crippen molar-refractivity contribution in [3.63, 3.8) is 0 Å². The van der Waals surface area contributed by atoms with E-state index in [1.165, 1.54) is 6.07 Å². The van der Waals surface area contributed by atoms with Crippen LogP contribution in [0.4, 0.5) is 34.9 Å². The summed E-state index contributed by atoms with van der Waals surface area (Å²) in [5.74, 6) is 0.973. The Labute approximate surface area is 226 Å². The second-order valence-corrected chi connectivity index (χ2v) is 9.74. The SMILES string of the molecule is O=S(=O)(O)c1ccccc1C=Cc1ccccc1Nc1nc(Nc2ccccc2)nc(Nc2ccccc2)n1. The molecule has 0 fully saturated rings. The van der Waals surface area contributed by atoms with E-state index in [0.717, 1.165) is 16.9 Å². The summed E-state index contributed by atoms with van der Waals surface area (Å²) in [6.45, 7) is 0. The highest BCUT2D eigenvalue weighted by atomic mass is 32.2. The van der Waals surface area contributed by atoms with Crippen molar-refractivity contribution in [1.82, 2.24) is 15.0 Å². The first kappa shape index (κ1) is 25.6. The van der Waals surface area contributed by atoms with E-state index < -0.39 is 10.1 Å². The van der Waals surface area contributed by atoms with Crippen molar-refractivity contribution in [3.05, 3.63) is 120 Å². The zero-order chi connectivity index (χ0) is 27.1. The number of nitrogens with zero attached hydrogens (tertiary/aromatic N) is 3. The van der Waals surface area contributed by atoms with Gasteiger partial charge >= 0.3 is 0 Å². The molecule has 4 aromatic carbocycles. The van der Waals surface area contributed by atoms with Crippen LogP contribution in [0.2, 0.25) is 0 Å². The maximum atomic E-state index is 11.8. The average Bonchev–Trinajstić information content (AvgIpc) is 2.93. The maximum absolute atomic E-state index is 11.8. The number of benzene rings is 4. The molecule has 9 nitrogen and oxygen atoms in total. The summed E-state index contributed by atoms with van der Waals surface area (Å²) >= 11 is 0. The Hall–Kier alpha value is -5.06. The molecule has 5 rings (SSSR count). The molecule has 0 atom stereocenters. The molecule has 1 aromatic heterocycles. The van der Waals surface area contributed by atoms with E-state index >= 15 is 0 Å². The van der Waals surface area contributed by atoms with Gasteiger partial charge in [-0.3, -0.25) is 4.55 Å². The molecule has 5 aromatic rings. The minimum atomic E-state index is -4.37. The molecule has 0 aliphatic heterocycles. The smallest absolute Gasteiger partial charge is 0.295 e. The first-order valence-corrected chi connectivity index (χ1v) is 13.4. The number of hydrogen-bond donors (Lipinski definition) is 4. The zero-order valence-electron chi connectivity index (χ0n) is 20.6. The summed E-state index contributed by atoms with van der Waals surface area (Å²) in [5, 5.41) is 9.65. The van der Waals surface area contributed by atoms with E-state index in [1.807, 2.05) is 84.9 Å². The van der Waals surface area contributed by atoms with Gasteiger partial charge in [-0.25, -0.2) is 0 Å². The third-order valence-corrected chi connectivity index (χ3v) is 6.47. The second-order valence-electron chi connectivity index (χ2n) is 8.35. The van der Waals surface area contributed by atoms with E-state index in [4.69, 9.17) is 0 Å². The van der Waals surface area contributed by atoms with Crippen molar-refractivity contribution < 1.29 is 13.0 Å². The van der Waals surface area contributed by atoms with Gasteiger partial charge < -0.3 is 16.0 Å². The van der Waals surface area contributed by atoms with Gasteiger partial charge in [-0.15, -0.1) is 0 Å². The summed E-state index contributed by atoms with van der Waals surface area (Å²) in [7, 11) is -4.37. The number of hydrogen-bond acceptors (Lipinski definition) is 8. The summed E-state index contributed by atoms with van der Waals surface area (Å²) < 4.78 is 33.1. The van der Waals surface area contributed by atoms with Crippen LogP contribution >= 0.6 is 0 Å². The van der Waals surface area contributed by atoms with Gasteiger partial charge in [0.05, 0.1) is 0 Å². The Kier molecular flexibility index (Phi) is 7.58. The van der Waals surface area contributed by atoms with Crippen LogP contribution in [0.15, 0.2) is 114 Å². The van der Waals surface area contributed by atoms with Gasteiger partial charge in [0.1, 0.15) is 4.90 Å². The van der Waals surface area contributed by atoms with Crippen molar-refractivity contribution in [1.29, 1.82) is 0 Å². The third kappa shape index (κ3) is 6.83. The van der Waals surface area contributed by atoms with Gasteiger partial charge in [-0.1, -0.05) is 84.9 Å². The predicted octanol–water partition coefficient (Wildman–Crippen LogP) is 6.52. The Morgan fingerprint density at radius 1 is 0.538 bits per heavy atom. The van der Waals surface area contributed by atoms with Crippen LogP contribution in [0.1, 0.15) is 11.1 Å².